The second-order valence-electron chi connectivity index (χ2n) is 3.86. The Labute approximate surface area is 119 Å². The lowest BCUT2D eigenvalue weighted by Crippen LogP contribution is -2.03. The summed E-state index contributed by atoms with van der Waals surface area (Å²) in [6, 6.07) is 4.47. The van der Waals surface area contributed by atoms with E-state index in [4.69, 9.17) is 5.26 Å². The van der Waals surface area contributed by atoms with Crippen LogP contribution in [0.4, 0.5) is 11.5 Å². The molecule has 2 heterocycles. The number of thiazole rings is 1. The molecule has 0 amide bonds. The number of anilines is 1. The molecular weight excluding hydrogens is 278 g/mol. The Morgan fingerprint density at radius 2 is 2.35 bits per heavy atom. The van der Waals surface area contributed by atoms with Gasteiger partial charge in [-0.3, -0.25) is 10.1 Å². The van der Waals surface area contributed by atoms with E-state index in [-0.39, 0.29) is 11.4 Å². The van der Waals surface area contributed by atoms with E-state index in [9.17, 15) is 10.1 Å². The van der Waals surface area contributed by atoms with E-state index in [1.54, 1.807) is 17.4 Å². The summed E-state index contributed by atoms with van der Waals surface area (Å²) < 4.78 is 0. The molecule has 0 unspecified atom stereocenters. The first kappa shape index (κ1) is 13.9. The summed E-state index contributed by atoms with van der Waals surface area (Å²) in [5, 5.41) is 23.5. The van der Waals surface area contributed by atoms with Gasteiger partial charge in [0, 0.05) is 17.1 Å². The number of nitrogens with one attached hydrogen (secondary N) is 1. The van der Waals surface area contributed by atoms with E-state index in [1.165, 1.54) is 17.0 Å². The van der Waals surface area contributed by atoms with Gasteiger partial charge in [0.05, 0.1) is 11.5 Å². The molecule has 8 heteroatoms. The van der Waals surface area contributed by atoms with Crippen molar-refractivity contribution in [1.29, 1.82) is 5.26 Å². The summed E-state index contributed by atoms with van der Waals surface area (Å²) in [6.07, 6.45) is 2.76. The normalized spacial score (nSPS) is 10.0. The van der Waals surface area contributed by atoms with Crippen molar-refractivity contribution in [2.75, 3.05) is 5.32 Å². The quantitative estimate of drug-likeness (QED) is 0.669. The van der Waals surface area contributed by atoms with Gasteiger partial charge in [0.1, 0.15) is 16.9 Å². The van der Waals surface area contributed by atoms with Gasteiger partial charge in [0.15, 0.2) is 0 Å². The lowest BCUT2D eigenvalue weighted by atomic mass is 10.3. The van der Waals surface area contributed by atoms with Gasteiger partial charge < -0.3 is 5.32 Å². The number of nitro groups is 1. The van der Waals surface area contributed by atoms with Crippen LogP contribution in [0.2, 0.25) is 0 Å². The molecule has 0 saturated carbocycles. The van der Waals surface area contributed by atoms with Crippen molar-refractivity contribution < 1.29 is 4.92 Å². The van der Waals surface area contributed by atoms with Crippen molar-refractivity contribution in [3.63, 3.8) is 0 Å². The summed E-state index contributed by atoms with van der Waals surface area (Å²) in [4.78, 5) is 19.4. The second-order valence-corrected chi connectivity index (χ2v) is 5.06. The fraction of sp³-hybridized carbons (Fsp3) is 0.250. The van der Waals surface area contributed by atoms with Gasteiger partial charge in [0.25, 0.3) is 0 Å². The first-order chi connectivity index (χ1) is 9.63. The minimum absolute atomic E-state index is 0.201. The molecule has 20 heavy (non-hydrogen) atoms. The van der Waals surface area contributed by atoms with Gasteiger partial charge in [-0.05, 0) is 12.5 Å². The topological polar surface area (TPSA) is 105 Å². The maximum Gasteiger partial charge on any atom is 0.305 e. The zero-order valence-electron chi connectivity index (χ0n) is 10.7. The number of hydrogen-bond acceptors (Lipinski definition) is 7. The van der Waals surface area contributed by atoms with Gasteiger partial charge >= 0.3 is 5.69 Å². The van der Waals surface area contributed by atoms with Crippen LogP contribution in [0, 0.1) is 21.4 Å². The molecule has 2 aromatic heterocycles. The average molecular weight is 289 g/mol. The van der Waals surface area contributed by atoms with Crippen LogP contribution in [-0.2, 0) is 13.0 Å². The number of aromatic nitrogens is 2. The first-order valence-electron chi connectivity index (χ1n) is 5.87. The van der Waals surface area contributed by atoms with Crippen LogP contribution in [0.3, 0.4) is 0 Å². The number of hydrogen-bond donors (Lipinski definition) is 1. The standard InChI is InChI=1S/C12H11N5O2S/c1-2-8-6-15-12(20-8)7-14-11-4-3-10(17(18)19)9(5-13)16-11/h3-4,6H,2,7H2,1H3,(H,14,16). The summed E-state index contributed by atoms with van der Waals surface area (Å²) >= 11 is 1.60. The van der Waals surface area contributed by atoms with Crippen molar-refractivity contribution in [3.05, 3.63) is 44.0 Å². The van der Waals surface area contributed by atoms with E-state index in [2.05, 4.69) is 22.2 Å². The molecule has 0 aliphatic heterocycles. The molecule has 0 aliphatic carbocycles. The van der Waals surface area contributed by atoms with E-state index >= 15 is 0 Å². The average Bonchev–Trinajstić information content (AvgIpc) is 2.92. The highest BCUT2D eigenvalue weighted by Crippen LogP contribution is 2.19. The highest BCUT2D eigenvalue weighted by atomic mass is 32.1. The van der Waals surface area contributed by atoms with Gasteiger partial charge in [-0.25, -0.2) is 9.97 Å². The Morgan fingerprint density at radius 1 is 1.55 bits per heavy atom. The Morgan fingerprint density at radius 3 is 2.95 bits per heavy atom. The molecule has 0 aromatic carbocycles. The highest BCUT2D eigenvalue weighted by Gasteiger charge is 2.15. The van der Waals surface area contributed by atoms with Crippen molar-refractivity contribution in [1.82, 2.24) is 9.97 Å². The summed E-state index contributed by atoms with van der Waals surface area (Å²) in [5.74, 6) is 0.417. The lowest BCUT2D eigenvalue weighted by molar-refractivity contribution is -0.385. The summed E-state index contributed by atoms with van der Waals surface area (Å²) in [7, 11) is 0. The van der Waals surface area contributed by atoms with E-state index in [1.807, 2.05) is 6.20 Å². The fourth-order valence-electron chi connectivity index (χ4n) is 1.54. The molecule has 0 fully saturated rings. The molecule has 0 spiro atoms. The van der Waals surface area contributed by atoms with E-state index in [0.717, 1.165) is 11.4 Å². The monoisotopic (exact) mass is 289 g/mol. The van der Waals surface area contributed by atoms with Crippen molar-refractivity contribution >= 4 is 22.8 Å². The predicted octanol–water partition coefficient (Wildman–Crippen LogP) is 2.49. The van der Waals surface area contributed by atoms with Gasteiger partial charge in [0.2, 0.25) is 5.69 Å². The van der Waals surface area contributed by atoms with Crippen molar-refractivity contribution in [2.45, 2.75) is 19.9 Å². The molecule has 0 atom stereocenters. The highest BCUT2D eigenvalue weighted by molar-refractivity contribution is 7.11. The molecule has 7 nitrogen and oxygen atoms in total. The third kappa shape index (κ3) is 3.07. The molecule has 0 bridgehead atoms. The largest absolute Gasteiger partial charge is 0.364 e. The first-order valence-corrected chi connectivity index (χ1v) is 6.68. The number of pyridine rings is 1. The SMILES string of the molecule is CCc1cnc(CNc2ccc([N+](=O)[O-])c(C#N)n2)s1. The zero-order valence-corrected chi connectivity index (χ0v) is 11.5. The molecule has 0 radical (unpaired) electrons. The molecule has 1 N–H and O–H groups in total. The predicted molar refractivity (Wildman–Crippen MR) is 74.4 cm³/mol. The Balaban J connectivity index is 2.10. The minimum Gasteiger partial charge on any atom is -0.364 e. The zero-order chi connectivity index (χ0) is 14.5. The van der Waals surface area contributed by atoms with Crippen LogP contribution >= 0.6 is 11.3 Å². The molecular formula is C12H11N5O2S. The third-order valence-corrected chi connectivity index (χ3v) is 3.69. The summed E-state index contributed by atoms with van der Waals surface area (Å²) in [5.41, 5.74) is -0.492. The molecule has 2 aromatic rings. The Kier molecular flexibility index (Phi) is 4.22. The van der Waals surface area contributed by atoms with Crippen LogP contribution in [-0.4, -0.2) is 14.9 Å². The van der Waals surface area contributed by atoms with Crippen molar-refractivity contribution in [3.8, 4) is 6.07 Å². The summed E-state index contributed by atoms with van der Waals surface area (Å²) in [6.45, 7) is 2.53. The number of aryl methyl sites for hydroxylation is 1. The van der Waals surface area contributed by atoms with E-state index in [0.29, 0.717) is 12.4 Å². The van der Waals surface area contributed by atoms with Crippen LogP contribution in [0.5, 0.6) is 0 Å². The van der Waals surface area contributed by atoms with Gasteiger partial charge in [-0.2, -0.15) is 5.26 Å². The maximum absolute atomic E-state index is 10.7. The van der Waals surface area contributed by atoms with Crippen LogP contribution in [0.15, 0.2) is 18.3 Å². The van der Waals surface area contributed by atoms with Crippen LogP contribution in [0.25, 0.3) is 0 Å². The maximum atomic E-state index is 10.7. The fourth-order valence-corrected chi connectivity index (χ4v) is 2.34. The molecule has 0 saturated heterocycles. The molecule has 102 valence electrons. The smallest absolute Gasteiger partial charge is 0.305 e. The van der Waals surface area contributed by atoms with Crippen molar-refractivity contribution in [2.24, 2.45) is 0 Å². The second kappa shape index (κ2) is 6.08. The van der Waals surface area contributed by atoms with Gasteiger partial charge in [-0.15, -0.1) is 11.3 Å². The number of rotatable bonds is 5. The number of nitriles is 1. The lowest BCUT2D eigenvalue weighted by Gasteiger charge is -2.03. The Hall–Kier alpha value is -2.53. The third-order valence-electron chi connectivity index (χ3n) is 2.55. The molecule has 0 aliphatic rings. The van der Waals surface area contributed by atoms with Crippen LogP contribution < -0.4 is 5.32 Å². The van der Waals surface area contributed by atoms with E-state index < -0.39 is 4.92 Å². The van der Waals surface area contributed by atoms with Gasteiger partial charge in [-0.1, -0.05) is 6.92 Å². The Bertz CT molecular complexity index is 677. The number of nitrogens with zero attached hydrogens (tertiary/aromatic N) is 4. The van der Waals surface area contributed by atoms with Crippen LogP contribution in [0.1, 0.15) is 22.5 Å². The minimum atomic E-state index is -0.621. The molecule has 2 rings (SSSR count).